The van der Waals surface area contributed by atoms with Crippen LogP contribution in [0.5, 0.6) is 17.4 Å². The van der Waals surface area contributed by atoms with Gasteiger partial charge >= 0.3 is 0 Å². The van der Waals surface area contributed by atoms with Crippen LogP contribution in [-0.4, -0.2) is 37.7 Å². The van der Waals surface area contributed by atoms with Crippen molar-refractivity contribution in [1.29, 1.82) is 0 Å². The number of thiocarbonyl (C=S) groups is 1. The molecule has 0 atom stereocenters. The molecule has 4 saturated carbocycles. The summed E-state index contributed by atoms with van der Waals surface area (Å²) in [6.07, 6.45) is 9.22. The van der Waals surface area contributed by atoms with Gasteiger partial charge in [0.15, 0.2) is 15.8 Å². The largest absolute Gasteiger partial charge is 0.490 e. The molecule has 7 rings (SSSR count). The van der Waals surface area contributed by atoms with Gasteiger partial charge in [-0.15, -0.1) is 0 Å². The van der Waals surface area contributed by atoms with Crippen molar-refractivity contribution in [2.24, 2.45) is 23.2 Å². The van der Waals surface area contributed by atoms with Crippen LogP contribution in [0.25, 0.3) is 6.08 Å². The molecule has 5 aliphatic rings. The van der Waals surface area contributed by atoms with Gasteiger partial charge in [-0.1, -0.05) is 17.8 Å². The maximum absolute atomic E-state index is 13.5. The van der Waals surface area contributed by atoms with Gasteiger partial charge < -0.3 is 9.47 Å². The van der Waals surface area contributed by atoms with E-state index in [-0.39, 0.29) is 28.8 Å². The van der Waals surface area contributed by atoms with Crippen LogP contribution in [0, 0.1) is 33.3 Å². The Labute approximate surface area is 240 Å². The number of nitrogens with one attached hydrogen (secondary N) is 1. The second-order valence-electron chi connectivity index (χ2n) is 11.0. The average molecular weight is 581 g/mol. The number of aromatic nitrogens is 1. The Kier molecular flexibility index (Phi) is 6.99. The van der Waals surface area contributed by atoms with Crippen LogP contribution >= 0.6 is 24.0 Å². The molecule has 5 fully saturated rings. The van der Waals surface area contributed by atoms with Crippen LogP contribution in [0.4, 0.5) is 5.69 Å². The molecule has 10 nitrogen and oxygen atoms in total. The lowest BCUT2D eigenvalue weighted by atomic mass is 9.49. The van der Waals surface area contributed by atoms with E-state index in [4.69, 9.17) is 21.7 Å². The van der Waals surface area contributed by atoms with Crippen LogP contribution in [0.1, 0.15) is 51.0 Å². The fraction of sp³-hybridized carbons (Fsp3) is 0.429. The quantitative estimate of drug-likeness (QED) is 0.183. The van der Waals surface area contributed by atoms with Crippen molar-refractivity contribution >= 4 is 51.9 Å². The average Bonchev–Trinajstić information content (AvgIpc) is 3.17. The first-order chi connectivity index (χ1) is 19.2. The minimum atomic E-state index is -0.533. The zero-order valence-electron chi connectivity index (χ0n) is 21.8. The molecule has 0 spiro atoms. The van der Waals surface area contributed by atoms with Gasteiger partial charge in [-0.05, 0) is 99.2 Å². The van der Waals surface area contributed by atoms with Crippen molar-refractivity contribution < 1.29 is 24.0 Å². The minimum Gasteiger partial charge on any atom is -0.490 e. The summed E-state index contributed by atoms with van der Waals surface area (Å²) in [6.45, 7) is 2.20. The molecule has 1 aromatic carbocycles. The van der Waals surface area contributed by atoms with E-state index in [0.29, 0.717) is 50.6 Å². The fourth-order valence-corrected chi connectivity index (χ4v) is 8.12. The van der Waals surface area contributed by atoms with Crippen molar-refractivity contribution in [1.82, 2.24) is 15.4 Å². The number of amides is 2. The second-order valence-corrected chi connectivity index (χ2v) is 12.7. The van der Waals surface area contributed by atoms with E-state index >= 15 is 0 Å². The number of hydrogen-bond donors (Lipinski definition) is 1. The number of nitrogens with zero attached hydrogens (tertiary/aromatic N) is 3. The molecule has 40 heavy (non-hydrogen) atoms. The Morgan fingerprint density at radius 3 is 2.50 bits per heavy atom. The third kappa shape index (κ3) is 5.05. The molecular formula is C28H28N4O6S2. The molecule has 4 aliphatic carbocycles. The van der Waals surface area contributed by atoms with E-state index in [2.05, 4.69) is 10.4 Å². The highest BCUT2D eigenvalue weighted by Crippen LogP contribution is 2.60. The smallest absolute Gasteiger partial charge is 0.287 e. The lowest BCUT2D eigenvalue weighted by Crippen LogP contribution is -2.57. The molecular weight excluding hydrogens is 552 g/mol. The topological polar surface area (TPSA) is 124 Å². The van der Waals surface area contributed by atoms with Crippen molar-refractivity contribution in [3.63, 3.8) is 0 Å². The highest BCUT2D eigenvalue weighted by Gasteiger charge is 2.55. The molecule has 0 unspecified atom stereocenters. The van der Waals surface area contributed by atoms with E-state index in [0.717, 1.165) is 37.2 Å². The fourth-order valence-electron chi connectivity index (χ4n) is 6.94. The lowest BCUT2D eigenvalue weighted by Gasteiger charge is -2.55. The molecule has 1 N–H and O–H groups in total. The molecule has 208 valence electrons. The van der Waals surface area contributed by atoms with Crippen LogP contribution in [-0.2, 0) is 9.59 Å². The molecule has 1 aliphatic heterocycles. The second kappa shape index (κ2) is 10.5. The van der Waals surface area contributed by atoms with Gasteiger partial charge in [-0.25, -0.2) is 4.98 Å². The first kappa shape index (κ1) is 26.7. The van der Waals surface area contributed by atoms with Gasteiger partial charge in [0.25, 0.3) is 11.6 Å². The number of carbonyl (C=O) groups is 2. The summed E-state index contributed by atoms with van der Waals surface area (Å²) < 4.78 is 11.8. The molecule has 2 amide bonds. The Morgan fingerprint density at radius 1 is 1.20 bits per heavy atom. The monoisotopic (exact) mass is 580 g/mol. The number of pyridine rings is 1. The number of benzene rings is 1. The Hall–Kier alpha value is -3.51. The zero-order chi connectivity index (χ0) is 28.0. The summed E-state index contributed by atoms with van der Waals surface area (Å²) in [5, 5.41) is 12.1. The van der Waals surface area contributed by atoms with Crippen molar-refractivity contribution in [2.45, 2.75) is 45.4 Å². The SMILES string of the molecule is CCOc1cc(/C=C2\SC(=S)N(NC(=O)C34CC5CC(CC(C5)C3)C4)C2=O)ccc1Oc1ccc([N+](=O)[O-])cn1. The number of rotatable bonds is 8. The highest BCUT2D eigenvalue weighted by molar-refractivity contribution is 8.26. The number of hydrazine groups is 1. The third-order valence-electron chi connectivity index (χ3n) is 8.24. The van der Waals surface area contributed by atoms with Crippen molar-refractivity contribution in [2.75, 3.05) is 6.61 Å². The number of ether oxygens (including phenoxy) is 2. The number of carbonyl (C=O) groups excluding carboxylic acids is 2. The summed E-state index contributed by atoms with van der Waals surface area (Å²) >= 11 is 6.62. The van der Waals surface area contributed by atoms with Crippen LogP contribution in [0.3, 0.4) is 0 Å². The predicted molar refractivity (Wildman–Crippen MR) is 152 cm³/mol. The Morgan fingerprint density at radius 2 is 1.90 bits per heavy atom. The van der Waals surface area contributed by atoms with Crippen molar-refractivity contribution in [3.8, 4) is 17.4 Å². The van der Waals surface area contributed by atoms with Gasteiger partial charge in [-0.3, -0.25) is 25.1 Å². The number of nitro groups is 1. The zero-order valence-corrected chi connectivity index (χ0v) is 23.5. The third-order valence-corrected chi connectivity index (χ3v) is 9.54. The Bertz CT molecular complexity index is 1390. The predicted octanol–water partition coefficient (Wildman–Crippen LogP) is 5.63. The van der Waals surface area contributed by atoms with E-state index in [1.807, 2.05) is 6.92 Å². The van der Waals surface area contributed by atoms with E-state index < -0.39 is 4.92 Å². The van der Waals surface area contributed by atoms with E-state index in [9.17, 15) is 19.7 Å². The standard InChI is InChI=1S/C28H28N4O6S2/c1-2-37-22-10-16(3-5-21(22)38-24-6-4-20(15-29-24)32(35)36)11-23-25(33)31(27(39)40-23)30-26(34)28-12-17-7-18(13-28)9-19(8-17)14-28/h3-6,10-11,15,17-19H,2,7-9,12-14H2,1H3,(H,30,34)/b23-11-. The summed E-state index contributed by atoms with van der Waals surface area (Å²) in [7, 11) is 0. The van der Waals surface area contributed by atoms with Gasteiger partial charge in [-0.2, -0.15) is 5.01 Å². The van der Waals surface area contributed by atoms with E-state index in [1.165, 1.54) is 36.4 Å². The molecule has 4 bridgehead atoms. The summed E-state index contributed by atoms with van der Waals surface area (Å²) in [5.41, 5.74) is 3.03. The van der Waals surface area contributed by atoms with Crippen LogP contribution in [0.15, 0.2) is 41.4 Å². The van der Waals surface area contributed by atoms with E-state index in [1.54, 1.807) is 24.3 Å². The van der Waals surface area contributed by atoms with Gasteiger partial charge in [0.05, 0.1) is 21.9 Å². The maximum atomic E-state index is 13.5. The molecule has 1 saturated heterocycles. The molecule has 1 aromatic heterocycles. The summed E-state index contributed by atoms with van der Waals surface area (Å²) in [6, 6.07) is 7.87. The Balaban J connectivity index is 1.17. The van der Waals surface area contributed by atoms with Gasteiger partial charge in [0.1, 0.15) is 6.20 Å². The van der Waals surface area contributed by atoms with Gasteiger partial charge in [0.2, 0.25) is 11.8 Å². The normalized spacial score (nSPS) is 27.8. The lowest BCUT2D eigenvalue weighted by molar-refractivity contribution is -0.385. The highest BCUT2D eigenvalue weighted by atomic mass is 32.2. The van der Waals surface area contributed by atoms with Gasteiger partial charge in [0, 0.05) is 12.1 Å². The molecule has 0 radical (unpaired) electrons. The molecule has 2 aromatic rings. The van der Waals surface area contributed by atoms with Crippen LogP contribution in [0.2, 0.25) is 0 Å². The first-order valence-electron chi connectivity index (χ1n) is 13.4. The summed E-state index contributed by atoms with van der Waals surface area (Å²) in [5.74, 6) is 2.38. The maximum Gasteiger partial charge on any atom is 0.287 e. The minimum absolute atomic E-state index is 0.0795. The first-order valence-corrected chi connectivity index (χ1v) is 14.6. The molecule has 2 heterocycles. The molecule has 12 heteroatoms. The summed E-state index contributed by atoms with van der Waals surface area (Å²) in [4.78, 5) is 41.5. The number of thioether (sulfide) groups is 1. The van der Waals surface area contributed by atoms with Crippen LogP contribution < -0.4 is 14.9 Å². The van der Waals surface area contributed by atoms with Crippen molar-refractivity contribution in [3.05, 3.63) is 57.1 Å². The number of hydrogen-bond acceptors (Lipinski definition) is 9.